The van der Waals surface area contributed by atoms with Gasteiger partial charge in [0.2, 0.25) is 5.95 Å². The van der Waals surface area contributed by atoms with E-state index in [1.807, 2.05) is 18.3 Å². The van der Waals surface area contributed by atoms with Gasteiger partial charge in [-0.2, -0.15) is 0 Å². The maximum atomic E-state index is 5.76. The second-order valence-electron chi connectivity index (χ2n) is 5.96. The number of anilines is 1. The quantitative estimate of drug-likeness (QED) is 0.759. The first-order chi connectivity index (χ1) is 11.3. The largest absolute Gasteiger partial charge is 0.368 e. The van der Waals surface area contributed by atoms with Gasteiger partial charge in [0.1, 0.15) is 5.65 Å². The molecule has 0 bridgehead atoms. The Morgan fingerprint density at radius 3 is 3.00 bits per heavy atom. The third-order valence-electron chi connectivity index (χ3n) is 4.48. The minimum atomic E-state index is 0.297. The van der Waals surface area contributed by atoms with Gasteiger partial charge in [0.25, 0.3) is 0 Å². The number of nitrogens with one attached hydrogen (secondary N) is 1. The highest BCUT2D eigenvalue weighted by Gasteiger charge is 2.19. The van der Waals surface area contributed by atoms with Crippen molar-refractivity contribution in [1.29, 1.82) is 0 Å². The fourth-order valence-corrected chi connectivity index (χ4v) is 3.37. The van der Waals surface area contributed by atoms with E-state index in [4.69, 9.17) is 5.73 Å². The molecule has 0 aliphatic carbocycles. The summed E-state index contributed by atoms with van der Waals surface area (Å²) in [5.74, 6) is 0.297. The van der Waals surface area contributed by atoms with E-state index in [2.05, 4.69) is 37.1 Å². The van der Waals surface area contributed by atoms with E-state index in [0.717, 1.165) is 41.8 Å². The maximum Gasteiger partial charge on any atom is 0.220 e. The molecule has 0 spiro atoms. The van der Waals surface area contributed by atoms with Crippen molar-refractivity contribution in [3.05, 3.63) is 36.8 Å². The van der Waals surface area contributed by atoms with Crippen molar-refractivity contribution >= 4 is 17.0 Å². The second-order valence-corrected chi connectivity index (χ2v) is 5.96. The van der Waals surface area contributed by atoms with E-state index in [1.54, 1.807) is 6.20 Å². The van der Waals surface area contributed by atoms with Crippen LogP contribution < -0.4 is 11.1 Å². The van der Waals surface area contributed by atoms with Crippen LogP contribution in [0.2, 0.25) is 0 Å². The van der Waals surface area contributed by atoms with E-state index in [9.17, 15) is 0 Å². The summed E-state index contributed by atoms with van der Waals surface area (Å²) in [5.41, 5.74) is 8.69. The van der Waals surface area contributed by atoms with Gasteiger partial charge < -0.3 is 15.6 Å². The van der Waals surface area contributed by atoms with Gasteiger partial charge in [-0.05, 0) is 50.6 Å². The monoisotopic (exact) mass is 308 g/mol. The Morgan fingerprint density at radius 1 is 1.13 bits per heavy atom. The number of hydrogen-bond donors (Lipinski definition) is 2. The first-order valence-electron chi connectivity index (χ1n) is 8.08. The molecule has 0 radical (unpaired) electrons. The summed E-state index contributed by atoms with van der Waals surface area (Å²) >= 11 is 0. The standard InChI is InChI=1S/C17H20N6/c18-17-21-10-6-15(22-17)14-11-23(12-3-1-7-19-9-5-12)16-13(14)4-2-8-20-16/h2,4,6,8,10-12,19H,1,3,5,7,9H2,(H2,18,21,22). The number of pyridine rings is 1. The van der Waals surface area contributed by atoms with Crippen molar-refractivity contribution in [2.75, 3.05) is 18.8 Å². The molecule has 3 aromatic rings. The summed E-state index contributed by atoms with van der Waals surface area (Å²) in [4.78, 5) is 13.0. The molecule has 3 aromatic heterocycles. The molecule has 0 saturated carbocycles. The van der Waals surface area contributed by atoms with Gasteiger partial charge in [-0.15, -0.1) is 0 Å². The average Bonchev–Trinajstić information content (AvgIpc) is 2.76. The van der Waals surface area contributed by atoms with Gasteiger partial charge in [0.05, 0.1) is 5.69 Å². The highest BCUT2D eigenvalue weighted by atomic mass is 15.1. The van der Waals surface area contributed by atoms with Gasteiger partial charge in [-0.25, -0.2) is 15.0 Å². The zero-order valence-corrected chi connectivity index (χ0v) is 12.9. The molecule has 23 heavy (non-hydrogen) atoms. The lowest BCUT2D eigenvalue weighted by atomic mass is 10.1. The van der Waals surface area contributed by atoms with Crippen LogP contribution in [0.4, 0.5) is 5.95 Å². The summed E-state index contributed by atoms with van der Waals surface area (Å²) < 4.78 is 2.32. The van der Waals surface area contributed by atoms with E-state index in [0.29, 0.717) is 12.0 Å². The number of aromatic nitrogens is 4. The molecule has 6 nitrogen and oxygen atoms in total. The van der Waals surface area contributed by atoms with Gasteiger partial charge in [-0.1, -0.05) is 0 Å². The zero-order valence-electron chi connectivity index (χ0n) is 12.9. The molecule has 4 rings (SSSR count). The average molecular weight is 308 g/mol. The van der Waals surface area contributed by atoms with Crippen LogP contribution in [0.5, 0.6) is 0 Å². The first kappa shape index (κ1) is 14.1. The molecule has 0 amide bonds. The molecule has 1 fully saturated rings. The minimum absolute atomic E-state index is 0.297. The Hall–Kier alpha value is -2.47. The van der Waals surface area contributed by atoms with Crippen LogP contribution >= 0.6 is 0 Å². The van der Waals surface area contributed by atoms with Crippen LogP contribution in [0.1, 0.15) is 25.3 Å². The molecule has 0 aromatic carbocycles. The van der Waals surface area contributed by atoms with Crippen molar-refractivity contribution in [2.45, 2.75) is 25.3 Å². The molecule has 1 saturated heterocycles. The zero-order chi connectivity index (χ0) is 15.6. The van der Waals surface area contributed by atoms with Gasteiger partial charge in [0, 0.05) is 35.6 Å². The molecule has 1 atom stereocenters. The van der Waals surface area contributed by atoms with E-state index in [-0.39, 0.29) is 0 Å². The van der Waals surface area contributed by atoms with Crippen molar-refractivity contribution in [3.8, 4) is 11.3 Å². The maximum absolute atomic E-state index is 5.76. The SMILES string of the molecule is Nc1nccc(-c2cn(C3CCCNCC3)c3ncccc23)n1. The lowest BCUT2D eigenvalue weighted by molar-refractivity contribution is 0.465. The van der Waals surface area contributed by atoms with Crippen molar-refractivity contribution < 1.29 is 0 Å². The summed E-state index contributed by atoms with van der Waals surface area (Å²) in [6.45, 7) is 2.14. The van der Waals surface area contributed by atoms with Crippen molar-refractivity contribution in [2.24, 2.45) is 0 Å². The predicted octanol–water partition coefficient (Wildman–Crippen LogP) is 2.39. The lowest BCUT2D eigenvalue weighted by Gasteiger charge is -2.16. The number of hydrogen-bond acceptors (Lipinski definition) is 5. The number of rotatable bonds is 2. The predicted molar refractivity (Wildman–Crippen MR) is 90.9 cm³/mol. The van der Waals surface area contributed by atoms with E-state index < -0.39 is 0 Å². The second kappa shape index (κ2) is 5.96. The van der Waals surface area contributed by atoms with E-state index in [1.165, 1.54) is 12.8 Å². The highest BCUT2D eigenvalue weighted by molar-refractivity contribution is 5.93. The fourth-order valence-electron chi connectivity index (χ4n) is 3.37. The summed E-state index contributed by atoms with van der Waals surface area (Å²) in [5, 5.41) is 4.58. The van der Waals surface area contributed by atoms with Crippen LogP contribution in [0.3, 0.4) is 0 Å². The summed E-state index contributed by atoms with van der Waals surface area (Å²) in [7, 11) is 0. The third kappa shape index (κ3) is 2.66. The summed E-state index contributed by atoms with van der Waals surface area (Å²) in [6.07, 6.45) is 9.20. The van der Waals surface area contributed by atoms with Crippen molar-refractivity contribution in [1.82, 2.24) is 24.8 Å². The molecule has 3 N–H and O–H groups in total. The Morgan fingerprint density at radius 2 is 2.09 bits per heavy atom. The molecule has 4 heterocycles. The molecule has 1 aliphatic heterocycles. The Balaban J connectivity index is 1.86. The van der Waals surface area contributed by atoms with Gasteiger partial charge in [0.15, 0.2) is 0 Å². The molecular weight excluding hydrogens is 288 g/mol. The molecule has 1 aliphatic rings. The molecule has 1 unspecified atom stereocenters. The molecular formula is C17H20N6. The topological polar surface area (TPSA) is 81.6 Å². The first-order valence-corrected chi connectivity index (χ1v) is 8.08. The Labute approximate surface area is 134 Å². The molecule has 118 valence electrons. The number of nitrogens with zero attached hydrogens (tertiary/aromatic N) is 4. The number of fused-ring (bicyclic) bond motifs is 1. The van der Waals surface area contributed by atoms with Gasteiger partial charge >= 0.3 is 0 Å². The lowest BCUT2D eigenvalue weighted by Crippen LogP contribution is -2.15. The van der Waals surface area contributed by atoms with Crippen molar-refractivity contribution in [3.63, 3.8) is 0 Å². The smallest absolute Gasteiger partial charge is 0.220 e. The normalized spacial score (nSPS) is 18.9. The van der Waals surface area contributed by atoms with Crippen LogP contribution in [-0.2, 0) is 0 Å². The number of nitrogen functional groups attached to an aromatic ring is 1. The van der Waals surface area contributed by atoms with E-state index >= 15 is 0 Å². The Kier molecular flexibility index (Phi) is 3.67. The fraction of sp³-hybridized carbons (Fsp3) is 0.353. The van der Waals surface area contributed by atoms with Crippen LogP contribution in [0.15, 0.2) is 36.8 Å². The highest BCUT2D eigenvalue weighted by Crippen LogP contribution is 2.33. The molecule has 6 heteroatoms. The Bertz CT molecular complexity index is 817. The third-order valence-corrected chi connectivity index (χ3v) is 4.48. The summed E-state index contributed by atoms with van der Waals surface area (Å²) in [6, 6.07) is 6.43. The van der Waals surface area contributed by atoms with Crippen LogP contribution in [-0.4, -0.2) is 32.6 Å². The minimum Gasteiger partial charge on any atom is -0.368 e. The van der Waals surface area contributed by atoms with Gasteiger partial charge in [-0.3, -0.25) is 0 Å². The van der Waals surface area contributed by atoms with Crippen LogP contribution in [0.25, 0.3) is 22.3 Å². The van der Waals surface area contributed by atoms with Crippen LogP contribution in [0, 0.1) is 0 Å². The number of nitrogens with two attached hydrogens (primary N) is 1.